The van der Waals surface area contributed by atoms with Gasteiger partial charge < -0.3 is 15.0 Å². The van der Waals surface area contributed by atoms with E-state index in [4.69, 9.17) is 4.74 Å². The second-order valence-electron chi connectivity index (χ2n) is 7.90. The highest BCUT2D eigenvalue weighted by molar-refractivity contribution is 5.99. The molecule has 6 heteroatoms. The second kappa shape index (κ2) is 9.57. The van der Waals surface area contributed by atoms with Crippen LogP contribution in [0.5, 0.6) is 0 Å². The molecule has 1 aliphatic heterocycles. The van der Waals surface area contributed by atoms with Crippen LogP contribution in [0.2, 0.25) is 0 Å². The molecule has 0 radical (unpaired) electrons. The van der Waals surface area contributed by atoms with Crippen molar-refractivity contribution in [1.82, 2.24) is 5.32 Å². The van der Waals surface area contributed by atoms with E-state index in [2.05, 4.69) is 5.32 Å². The van der Waals surface area contributed by atoms with E-state index in [1.807, 2.05) is 68.4 Å². The van der Waals surface area contributed by atoms with Gasteiger partial charge in [-0.05, 0) is 36.5 Å². The van der Waals surface area contributed by atoms with Crippen molar-refractivity contribution in [2.75, 3.05) is 11.4 Å². The average Bonchev–Trinajstić information content (AvgIpc) is 3.16. The SMILES string of the molecule is CC(C)[C@H](NC(=O)Cc1ccccc1)C(=O)O[C@H](C)C(=O)N1CCc2ccccc21. The molecule has 0 aromatic heterocycles. The minimum atomic E-state index is -0.934. The van der Waals surface area contributed by atoms with Crippen LogP contribution in [0.15, 0.2) is 54.6 Å². The summed E-state index contributed by atoms with van der Waals surface area (Å²) in [7, 11) is 0. The summed E-state index contributed by atoms with van der Waals surface area (Å²) >= 11 is 0. The molecule has 0 fully saturated rings. The first kappa shape index (κ1) is 21.6. The molecule has 2 atom stereocenters. The van der Waals surface area contributed by atoms with Gasteiger partial charge in [0, 0.05) is 12.2 Å². The van der Waals surface area contributed by atoms with Gasteiger partial charge in [-0.1, -0.05) is 62.4 Å². The Balaban J connectivity index is 1.60. The first-order valence-electron chi connectivity index (χ1n) is 10.3. The molecule has 2 amide bonds. The number of benzene rings is 2. The molecule has 30 heavy (non-hydrogen) atoms. The number of para-hydroxylation sites is 1. The Kier molecular flexibility index (Phi) is 6.87. The first-order valence-corrected chi connectivity index (χ1v) is 10.3. The molecule has 1 N–H and O–H groups in total. The Morgan fingerprint density at radius 1 is 1.00 bits per heavy atom. The Morgan fingerprint density at radius 2 is 1.67 bits per heavy atom. The molecular formula is C24H28N2O4. The molecule has 1 aliphatic rings. The van der Waals surface area contributed by atoms with E-state index in [0.717, 1.165) is 23.2 Å². The molecule has 2 aromatic rings. The van der Waals surface area contributed by atoms with Crippen molar-refractivity contribution in [2.24, 2.45) is 5.92 Å². The van der Waals surface area contributed by atoms with E-state index in [1.165, 1.54) is 0 Å². The van der Waals surface area contributed by atoms with Gasteiger partial charge in [-0.25, -0.2) is 4.79 Å². The fourth-order valence-electron chi connectivity index (χ4n) is 3.59. The van der Waals surface area contributed by atoms with Crippen LogP contribution in [0.3, 0.4) is 0 Å². The van der Waals surface area contributed by atoms with Gasteiger partial charge in [0.15, 0.2) is 6.10 Å². The lowest BCUT2D eigenvalue weighted by atomic mass is 10.0. The van der Waals surface area contributed by atoms with Gasteiger partial charge in [-0.3, -0.25) is 9.59 Å². The fourth-order valence-corrected chi connectivity index (χ4v) is 3.59. The highest BCUT2D eigenvalue weighted by Gasteiger charge is 2.33. The Morgan fingerprint density at radius 3 is 2.37 bits per heavy atom. The first-order chi connectivity index (χ1) is 14.4. The molecule has 0 aliphatic carbocycles. The van der Waals surface area contributed by atoms with Crippen LogP contribution < -0.4 is 10.2 Å². The number of carbonyl (C=O) groups is 3. The van der Waals surface area contributed by atoms with E-state index in [0.29, 0.717) is 6.54 Å². The maximum Gasteiger partial charge on any atom is 0.329 e. The zero-order valence-electron chi connectivity index (χ0n) is 17.6. The van der Waals surface area contributed by atoms with E-state index in [1.54, 1.807) is 11.8 Å². The number of hydrogen-bond donors (Lipinski definition) is 1. The summed E-state index contributed by atoms with van der Waals surface area (Å²) < 4.78 is 5.47. The van der Waals surface area contributed by atoms with Crippen molar-refractivity contribution >= 4 is 23.5 Å². The summed E-state index contributed by atoms with van der Waals surface area (Å²) in [6.45, 7) is 5.81. The molecule has 0 bridgehead atoms. The van der Waals surface area contributed by atoms with Crippen LogP contribution in [0.1, 0.15) is 31.9 Å². The van der Waals surface area contributed by atoms with Gasteiger partial charge in [0.2, 0.25) is 5.91 Å². The summed E-state index contributed by atoms with van der Waals surface area (Å²) in [5.74, 6) is -1.29. The van der Waals surface area contributed by atoms with E-state index >= 15 is 0 Å². The van der Waals surface area contributed by atoms with Crippen LogP contribution in [0, 0.1) is 5.92 Å². The van der Waals surface area contributed by atoms with Gasteiger partial charge >= 0.3 is 5.97 Å². The lowest BCUT2D eigenvalue weighted by molar-refractivity contribution is -0.157. The number of hydrogen-bond acceptors (Lipinski definition) is 4. The Hall–Kier alpha value is -3.15. The normalized spacial score (nSPS) is 14.7. The van der Waals surface area contributed by atoms with Gasteiger partial charge in [0.05, 0.1) is 6.42 Å². The molecule has 0 saturated heterocycles. The average molecular weight is 408 g/mol. The number of ether oxygens (including phenoxy) is 1. The minimum absolute atomic E-state index is 0.174. The van der Waals surface area contributed by atoms with Crippen molar-refractivity contribution < 1.29 is 19.1 Å². The molecule has 3 rings (SSSR count). The van der Waals surface area contributed by atoms with Crippen molar-refractivity contribution in [1.29, 1.82) is 0 Å². The van der Waals surface area contributed by atoms with Crippen molar-refractivity contribution in [3.8, 4) is 0 Å². The predicted molar refractivity (Wildman–Crippen MR) is 115 cm³/mol. The number of nitrogens with one attached hydrogen (secondary N) is 1. The summed E-state index contributed by atoms with van der Waals surface area (Å²) in [4.78, 5) is 39.7. The van der Waals surface area contributed by atoms with E-state index in [9.17, 15) is 14.4 Å². The number of rotatable bonds is 7. The van der Waals surface area contributed by atoms with Gasteiger partial charge in [-0.2, -0.15) is 0 Å². The quantitative estimate of drug-likeness (QED) is 0.715. The highest BCUT2D eigenvalue weighted by atomic mass is 16.5. The maximum atomic E-state index is 12.9. The summed E-state index contributed by atoms with van der Waals surface area (Å²) in [5, 5.41) is 2.76. The number of fused-ring (bicyclic) bond motifs is 1. The van der Waals surface area contributed by atoms with Crippen LogP contribution >= 0.6 is 0 Å². The third kappa shape index (κ3) is 5.06. The largest absolute Gasteiger partial charge is 0.451 e. The maximum absolute atomic E-state index is 12.9. The second-order valence-corrected chi connectivity index (χ2v) is 7.90. The smallest absolute Gasteiger partial charge is 0.329 e. The molecule has 158 valence electrons. The number of nitrogens with zero attached hydrogens (tertiary/aromatic N) is 1. The topological polar surface area (TPSA) is 75.7 Å². The number of anilines is 1. The summed E-state index contributed by atoms with van der Waals surface area (Å²) in [6.07, 6.45) is 0.0271. The summed E-state index contributed by atoms with van der Waals surface area (Å²) in [6, 6.07) is 16.2. The van der Waals surface area contributed by atoms with Crippen LogP contribution in [-0.4, -0.2) is 36.5 Å². The third-order valence-corrected chi connectivity index (χ3v) is 5.24. The zero-order chi connectivity index (χ0) is 21.7. The highest BCUT2D eigenvalue weighted by Crippen LogP contribution is 2.28. The van der Waals surface area contributed by atoms with Gasteiger partial charge in [0.1, 0.15) is 6.04 Å². The van der Waals surface area contributed by atoms with Crippen LogP contribution in [0.25, 0.3) is 0 Å². The monoisotopic (exact) mass is 408 g/mol. The lowest BCUT2D eigenvalue weighted by Gasteiger charge is -2.25. The fraction of sp³-hybridized carbons (Fsp3) is 0.375. The standard InChI is InChI=1S/C24H28N2O4/c1-16(2)22(25-21(27)15-18-9-5-4-6-10-18)24(29)30-17(3)23(28)26-14-13-19-11-7-8-12-20(19)26/h4-12,16-17,22H,13-15H2,1-3H3,(H,25,27)/t17-,22+/m1/s1. The molecule has 0 saturated carbocycles. The van der Waals surface area contributed by atoms with Crippen molar-refractivity contribution in [2.45, 2.75) is 45.8 Å². The minimum Gasteiger partial charge on any atom is -0.451 e. The Labute approximate surface area is 177 Å². The number of amides is 2. The number of esters is 1. The summed E-state index contributed by atoms with van der Waals surface area (Å²) in [5.41, 5.74) is 2.83. The van der Waals surface area contributed by atoms with Crippen molar-refractivity contribution in [3.05, 3.63) is 65.7 Å². The molecule has 0 unspecified atom stereocenters. The predicted octanol–water partition coefficient (Wildman–Crippen LogP) is 2.89. The Bertz CT molecular complexity index is 910. The van der Waals surface area contributed by atoms with Crippen LogP contribution in [0.4, 0.5) is 5.69 Å². The molecule has 6 nitrogen and oxygen atoms in total. The molecule has 2 aromatic carbocycles. The van der Waals surface area contributed by atoms with E-state index in [-0.39, 0.29) is 24.2 Å². The van der Waals surface area contributed by atoms with Gasteiger partial charge in [0.25, 0.3) is 5.91 Å². The lowest BCUT2D eigenvalue weighted by Crippen LogP contribution is -2.48. The molecular weight excluding hydrogens is 380 g/mol. The van der Waals surface area contributed by atoms with Crippen molar-refractivity contribution in [3.63, 3.8) is 0 Å². The molecule has 1 heterocycles. The molecule has 0 spiro atoms. The number of carbonyl (C=O) groups excluding carboxylic acids is 3. The third-order valence-electron chi connectivity index (χ3n) is 5.24. The van der Waals surface area contributed by atoms with Gasteiger partial charge in [-0.15, -0.1) is 0 Å². The van der Waals surface area contributed by atoms with E-state index < -0.39 is 18.1 Å². The van der Waals surface area contributed by atoms with Crippen LogP contribution in [-0.2, 0) is 32.0 Å². The zero-order valence-corrected chi connectivity index (χ0v) is 17.6.